The number of carbonyl (C=O) groups is 1. The van der Waals surface area contributed by atoms with Crippen molar-refractivity contribution >= 4 is 5.91 Å². The number of amides is 1. The Kier molecular flexibility index (Phi) is 1.01. The van der Waals surface area contributed by atoms with E-state index >= 15 is 0 Å². The summed E-state index contributed by atoms with van der Waals surface area (Å²) >= 11 is 0. The molecule has 0 aliphatic carbocycles. The van der Waals surface area contributed by atoms with Crippen molar-refractivity contribution < 1.29 is 4.79 Å². The molecule has 0 radical (unpaired) electrons. The summed E-state index contributed by atoms with van der Waals surface area (Å²) in [6.45, 7) is 3.57. The number of hydrogen-bond donors (Lipinski definition) is 0. The van der Waals surface area contributed by atoms with E-state index in [1.54, 1.807) is 6.92 Å². The first-order valence-corrected chi connectivity index (χ1v) is 2.56. The van der Waals surface area contributed by atoms with E-state index in [4.69, 9.17) is 0 Å². The highest BCUT2D eigenvalue weighted by Crippen LogP contribution is 2.03. The maximum Gasteiger partial charge on any atom is 0.219 e. The van der Waals surface area contributed by atoms with Gasteiger partial charge in [0.25, 0.3) is 0 Å². The zero-order valence-corrected chi connectivity index (χ0v) is 4.48. The van der Waals surface area contributed by atoms with E-state index in [0.29, 0.717) is 0 Å². The van der Waals surface area contributed by atoms with Crippen LogP contribution in [0.15, 0.2) is 0 Å². The molecule has 0 unspecified atom stereocenters. The van der Waals surface area contributed by atoms with Crippen LogP contribution in [0.4, 0.5) is 0 Å². The fourth-order valence-corrected chi connectivity index (χ4v) is 0.631. The molecule has 1 fully saturated rings. The van der Waals surface area contributed by atoms with Gasteiger partial charge < -0.3 is 4.90 Å². The summed E-state index contributed by atoms with van der Waals surface area (Å²) in [5.41, 5.74) is 0. The lowest BCUT2D eigenvalue weighted by atomic mass is 10.2. The summed E-state index contributed by atoms with van der Waals surface area (Å²) in [6.07, 6.45) is 1.19. The van der Waals surface area contributed by atoms with Gasteiger partial charge in [-0.25, -0.2) is 0 Å². The van der Waals surface area contributed by atoms with E-state index in [9.17, 15) is 4.79 Å². The normalized spacial score (nSPS) is 18.7. The molecule has 0 bridgehead atoms. The van der Waals surface area contributed by atoms with Crippen LogP contribution in [0, 0.1) is 0 Å². The zero-order chi connectivity index (χ0) is 5.28. The van der Waals surface area contributed by atoms with Crippen LogP contribution in [0.3, 0.4) is 0 Å². The Morgan fingerprint density at radius 3 is 2.14 bits per heavy atom. The molecular formula is C5H9NO. The molecule has 0 saturated carbocycles. The predicted octanol–water partition coefficient (Wildman–Crippen LogP) is 0.239. The van der Waals surface area contributed by atoms with Crippen molar-refractivity contribution in [3.63, 3.8) is 0 Å². The number of hydrogen-bond acceptors (Lipinski definition) is 1. The van der Waals surface area contributed by atoms with Gasteiger partial charge in [-0.15, -0.1) is 0 Å². The van der Waals surface area contributed by atoms with Crippen molar-refractivity contribution in [2.45, 2.75) is 13.3 Å². The minimum Gasteiger partial charge on any atom is -0.343 e. The average molecular weight is 99.1 g/mol. The van der Waals surface area contributed by atoms with E-state index in [1.807, 2.05) is 4.90 Å². The monoisotopic (exact) mass is 99.1 g/mol. The van der Waals surface area contributed by atoms with Gasteiger partial charge in [0.05, 0.1) is 0 Å². The van der Waals surface area contributed by atoms with Gasteiger partial charge >= 0.3 is 0 Å². The molecular weight excluding hydrogens is 90.1 g/mol. The van der Waals surface area contributed by atoms with Crippen molar-refractivity contribution in [2.24, 2.45) is 0 Å². The van der Waals surface area contributed by atoms with Gasteiger partial charge in [-0.2, -0.15) is 0 Å². The second-order valence-electron chi connectivity index (χ2n) is 1.86. The molecule has 0 aromatic carbocycles. The van der Waals surface area contributed by atoms with Gasteiger partial charge in [-0.3, -0.25) is 4.79 Å². The van der Waals surface area contributed by atoms with E-state index in [2.05, 4.69) is 0 Å². The third kappa shape index (κ3) is 0.734. The molecule has 0 N–H and O–H groups in total. The van der Waals surface area contributed by atoms with Crippen LogP contribution in [-0.2, 0) is 4.79 Å². The van der Waals surface area contributed by atoms with E-state index in [-0.39, 0.29) is 5.91 Å². The standard InChI is InChI=1S/C5H9NO/c1-5(7)6-3-2-4-6/h2-4H2,1H3. The summed E-state index contributed by atoms with van der Waals surface area (Å²) in [5, 5.41) is 0. The molecule has 0 atom stereocenters. The molecule has 2 heteroatoms. The third-order valence-electron chi connectivity index (χ3n) is 1.30. The molecule has 1 rings (SSSR count). The van der Waals surface area contributed by atoms with Crippen LogP contribution < -0.4 is 0 Å². The Hall–Kier alpha value is -0.530. The quantitative estimate of drug-likeness (QED) is 0.426. The lowest BCUT2D eigenvalue weighted by Crippen LogP contribution is -2.40. The largest absolute Gasteiger partial charge is 0.343 e. The van der Waals surface area contributed by atoms with E-state index in [0.717, 1.165) is 13.1 Å². The predicted molar refractivity (Wildman–Crippen MR) is 26.9 cm³/mol. The molecule has 0 aromatic rings. The van der Waals surface area contributed by atoms with E-state index in [1.165, 1.54) is 6.42 Å². The smallest absolute Gasteiger partial charge is 0.219 e. The number of likely N-dealkylation sites (tertiary alicyclic amines) is 1. The van der Waals surface area contributed by atoms with Crippen molar-refractivity contribution in [1.29, 1.82) is 0 Å². The van der Waals surface area contributed by atoms with E-state index < -0.39 is 0 Å². The Labute approximate surface area is 43.1 Å². The Bertz CT molecular complexity index is 86.1. The molecule has 7 heavy (non-hydrogen) atoms. The van der Waals surface area contributed by atoms with Crippen LogP contribution in [0.2, 0.25) is 0 Å². The maximum atomic E-state index is 10.4. The minimum absolute atomic E-state index is 0.214. The highest BCUT2D eigenvalue weighted by molar-refractivity contribution is 5.73. The third-order valence-corrected chi connectivity index (χ3v) is 1.30. The van der Waals surface area contributed by atoms with Crippen LogP contribution in [0.5, 0.6) is 0 Å². The van der Waals surface area contributed by atoms with Crippen LogP contribution >= 0.6 is 0 Å². The average Bonchev–Trinajstić information content (AvgIpc) is 1.23. The van der Waals surface area contributed by atoms with Gasteiger partial charge in [0.2, 0.25) is 5.91 Å². The van der Waals surface area contributed by atoms with Gasteiger partial charge in [0.15, 0.2) is 0 Å². The number of rotatable bonds is 0. The van der Waals surface area contributed by atoms with Crippen molar-refractivity contribution in [2.75, 3.05) is 13.1 Å². The molecule has 40 valence electrons. The first-order chi connectivity index (χ1) is 3.30. The topological polar surface area (TPSA) is 20.3 Å². The van der Waals surface area contributed by atoms with Gasteiger partial charge in [0.1, 0.15) is 0 Å². The number of carbonyl (C=O) groups excluding carboxylic acids is 1. The summed E-state index contributed by atoms with van der Waals surface area (Å²) in [6, 6.07) is 0. The molecule has 0 spiro atoms. The highest BCUT2D eigenvalue weighted by atomic mass is 16.2. The van der Waals surface area contributed by atoms with Gasteiger partial charge in [0, 0.05) is 20.0 Å². The molecule has 2 nitrogen and oxygen atoms in total. The molecule has 1 aliphatic rings. The Morgan fingerprint density at radius 2 is 2.14 bits per heavy atom. The van der Waals surface area contributed by atoms with Crippen molar-refractivity contribution in [3.05, 3.63) is 0 Å². The Morgan fingerprint density at radius 1 is 1.57 bits per heavy atom. The maximum absolute atomic E-state index is 10.4. The van der Waals surface area contributed by atoms with Gasteiger partial charge in [-0.05, 0) is 6.42 Å². The molecule has 0 aromatic heterocycles. The molecule has 1 saturated heterocycles. The van der Waals surface area contributed by atoms with Crippen LogP contribution in [-0.4, -0.2) is 23.9 Å². The second-order valence-corrected chi connectivity index (χ2v) is 1.86. The lowest BCUT2D eigenvalue weighted by Gasteiger charge is -2.29. The molecule has 1 heterocycles. The summed E-state index contributed by atoms with van der Waals surface area (Å²) in [7, 11) is 0. The van der Waals surface area contributed by atoms with Crippen LogP contribution in [0.1, 0.15) is 13.3 Å². The molecule has 1 amide bonds. The highest BCUT2D eigenvalue weighted by Gasteiger charge is 2.14. The van der Waals surface area contributed by atoms with Gasteiger partial charge in [-0.1, -0.05) is 0 Å². The zero-order valence-electron chi connectivity index (χ0n) is 4.48. The summed E-state index contributed by atoms with van der Waals surface area (Å²) < 4.78 is 0. The fraction of sp³-hybridized carbons (Fsp3) is 0.800. The lowest BCUT2D eigenvalue weighted by molar-refractivity contribution is -0.132. The fourth-order valence-electron chi connectivity index (χ4n) is 0.631. The van der Waals surface area contributed by atoms with Crippen LogP contribution in [0.25, 0.3) is 0 Å². The summed E-state index contributed by atoms with van der Waals surface area (Å²) in [4.78, 5) is 12.2. The first-order valence-electron chi connectivity index (χ1n) is 2.56. The van der Waals surface area contributed by atoms with Crippen molar-refractivity contribution in [1.82, 2.24) is 4.90 Å². The second kappa shape index (κ2) is 1.52. The molecule has 1 aliphatic heterocycles. The summed E-state index contributed by atoms with van der Waals surface area (Å²) in [5.74, 6) is 0.214. The first kappa shape index (κ1) is 4.62. The number of nitrogens with zero attached hydrogens (tertiary/aromatic N) is 1. The Balaban J connectivity index is 2.27. The van der Waals surface area contributed by atoms with Crippen molar-refractivity contribution in [3.8, 4) is 0 Å². The minimum atomic E-state index is 0.214. The SMILES string of the molecule is CC(=O)N1CCC1.